The van der Waals surface area contributed by atoms with Gasteiger partial charge in [0.15, 0.2) is 0 Å². The average Bonchev–Trinajstić information content (AvgIpc) is 3.34. The third-order valence-electron chi connectivity index (χ3n) is 4.84. The summed E-state index contributed by atoms with van der Waals surface area (Å²) < 4.78 is 0. The van der Waals surface area contributed by atoms with Gasteiger partial charge in [0, 0.05) is 24.9 Å². The van der Waals surface area contributed by atoms with Crippen molar-refractivity contribution < 1.29 is 9.59 Å². The highest BCUT2D eigenvalue weighted by atomic mass is 32.1. The molecule has 2 N–H and O–H groups in total. The van der Waals surface area contributed by atoms with E-state index in [1.54, 1.807) is 11.3 Å². The van der Waals surface area contributed by atoms with Crippen LogP contribution in [-0.4, -0.2) is 29.8 Å². The van der Waals surface area contributed by atoms with Crippen molar-refractivity contribution in [2.24, 2.45) is 0 Å². The second-order valence-corrected chi connectivity index (χ2v) is 7.98. The molecule has 2 heterocycles. The van der Waals surface area contributed by atoms with Gasteiger partial charge < -0.3 is 10.6 Å². The lowest BCUT2D eigenvalue weighted by Gasteiger charge is -2.19. The summed E-state index contributed by atoms with van der Waals surface area (Å²) in [7, 11) is 0. The predicted octanol–water partition coefficient (Wildman–Crippen LogP) is 3.23. The molecule has 3 rings (SSSR count). The van der Waals surface area contributed by atoms with Crippen LogP contribution in [0.2, 0.25) is 0 Å². The Morgan fingerprint density at radius 2 is 1.85 bits per heavy atom. The summed E-state index contributed by atoms with van der Waals surface area (Å²) in [5.41, 5.74) is 2.43. The van der Waals surface area contributed by atoms with Crippen molar-refractivity contribution in [3.8, 4) is 0 Å². The number of nitrogens with one attached hydrogen (secondary N) is 2. The SMILES string of the molecule is CC(=O)N[C@H](CC(=O)NCc1ccccc1CN1CCCC1)c1cccs1. The maximum absolute atomic E-state index is 12.5. The van der Waals surface area contributed by atoms with Crippen molar-refractivity contribution in [3.05, 3.63) is 57.8 Å². The van der Waals surface area contributed by atoms with Crippen LogP contribution in [0, 0.1) is 0 Å². The number of likely N-dealkylation sites (tertiary alicyclic amines) is 1. The van der Waals surface area contributed by atoms with Crippen LogP contribution in [0.4, 0.5) is 0 Å². The number of hydrogen-bond acceptors (Lipinski definition) is 4. The van der Waals surface area contributed by atoms with Gasteiger partial charge >= 0.3 is 0 Å². The number of amides is 2. The Morgan fingerprint density at radius 1 is 1.11 bits per heavy atom. The molecule has 0 spiro atoms. The van der Waals surface area contributed by atoms with Gasteiger partial charge in [0.2, 0.25) is 11.8 Å². The number of rotatable bonds is 8. The molecule has 1 aromatic heterocycles. The lowest BCUT2D eigenvalue weighted by Crippen LogP contribution is -2.32. The van der Waals surface area contributed by atoms with Crippen LogP contribution in [0.15, 0.2) is 41.8 Å². The molecular formula is C21H27N3O2S. The molecular weight excluding hydrogens is 358 g/mol. The molecule has 1 fully saturated rings. The van der Waals surface area contributed by atoms with Crippen molar-refractivity contribution in [2.45, 2.75) is 45.3 Å². The zero-order valence-corrected chi connectivity index (χ0v) is 16.6. The van der Waals surface area contributed by atoms with E-state index < -0.39 is 0 Å². The van der Waals surface area contributed by atoms with Crippen LogP contribution < -0.4 is 10.6 Å². The molecule has 144 valence electrons. The first-order valence-corrected chi connectivity index (χ1v) is 10.4. The van der Waals surface area contributed by atoms with Gasteiger partial charge in [-0.3, -0.25) is 14.5 Å². The molecule has 27 heavy (non-hydrogen) atoms. The Kier molecular flexibility index (Phi) is 7.01. The highest BCUT2D eigenvalue weighted by molar-refractivity contribution is 7.10. The minimum atomic E-state index is -0.276. The van der Waals surface area contributed by atoms with Gasteiger partial charge in [-0.2, -0.15) is 0 Å². The van der Waals surface area contributed by atoms with Crippen LogP contribution in [0.25, 0.3) is 0 Å². The number of carbonyl (C=O) groups excluding carboxylic acids is 2. The fourth-order valence-electron chi connectivity index (χ4n) is 3.47. The average molecular weight is 386 g/mol. The van der Waals surface area contributed by atoms with Gasteiger partial charge in [0.25, 0.3) is 0 Å². The summed E-state index contributed by atoms with van der Waals surface area (Å²) in [6.45, 7) is 5.24. The summed E-state index contributed by atoms with van der Waals surface area (Å²) in [4.78, 5) is 27.4. The molecule has 1 aliphatic heterocycles. The Hall–Kier alpha value is -2.18. The van der Waals surface area contributed by atoms with Crippen LogP contribution in [0.5, 0.6) is 0 Å². The second-order valence-electron chi connectivity index (χ2n) is 7.00. The fraction of sp³-hybridized carbons (Fsp3) is 0.429. The number of hydrogen-bond donors (Lipinski definition) is 2. The van der Waals surface area contributed by atoms with Gasteiger partial charge in [-0.15, -0.1) is 11.3 Å². The maximum atomic E-state index is 12.5. The van der Waals surface area contributed by atoms with E-state index in [1.807, 2.05) is 23.6 Å². The van der Waals surface area contributed by atoms with Crippen LogP contribution >= 0.6 is 11.3 Å². The largest absolute Gasteiger partial charge is 0.352 e. The van der Waals surface area contributed by atoms with Crippen LogP contribution in [0.1, 0.15) is 48.2 Å². The molecule has 0 unspecified atom stereocenters. The quantitative estimate of drug-likeness (QED) is 0.733. The van der Waals surface area contributed by atoms with Crippen molar-refractivity contribution in [1.29, 1.82) is 0 Å². The molecule has 6 heteroatoms. The zero-order chi connectivity index (χ0) is 19.1. The first kappa shape index (κ1) is 19.6. The summed E-state index contributed by atoms with van der Waals surface area (Å²) in [6, 6.07) is 11.9. The molecule has 0 saturated carbocycles. The van der Waals surface area contributed by atoms with E-state index in [4.69, 9.17) is 0 Å². The van der Waals surface area contributed by atoms with E-state index in [0.29, 0.717) is 6.54 Å². The number of thiophene rings is 1. The van der Waals surface area contributed by atoms with Gasteiger partial charge in [-0.1, -0.05) is 30.3 Å². The lowest BCUT2D eigenvalue weighted by atomic mass is 10.1. The molecule has 2 aromatic rings. The topological polar surface area (TPSA) is 61.4 Å². The Labute approximate surface area is 164 Å². The van der Waals surface area contributed by atoms with E-state index in [9.17, 15) is 9.59 Å². The smallest absolute Gasteiger partial charge is 0.222 e. The number of nitrogens with zero attached hydrogens (tertiary/aromatic N) is 1. The molecule has 0 aliphatic carbocycles. The summed E-state index contributed by atoms with van der Waals surface area (Å²) in [5, 5.41) is 7.86. The first-order valence-electron chi connectivity index (χ1n) is 9.48. The van der Waals surface area contributed by atoms with E-state index >= 15 is 0 Å². The molecule has 1 aromatic carbocycles. The Morgan fingerprint density at radius 3 is 2.52 bits per heavy atom. The van der Waals surface area contributed by atoms with E-state index in [0.717, 1.165) is 30.1 Å². The Bertz CT molecular complexity index is 755. The predicted molar refractivity (Wildman–Crippen MR) is 108 cm³/mol. The van der Waals surface area contributed by atoms with Gasteiger partial charge in [-0.25, -0.2) is 0 Å². The molecule has 1 atom stereocenters. The summed E-state index contributed by atoms with van der Waals surface area (Å²) in [6.07, 6.45) is 2.78. The first-order chi connectivity index (χ1) is 13.1. The highest BCUT2D eigenvalue weighted by Crippen LogP contribution is 2.22. The molecule has 5 nitrogen and oxygen atoms in total. The lowest BCUT2D eigenvalue weighted by molar-refractivity contribution is -0.122. The van der Waals surface area contributed by atoms with Crippen LogP contribution in [-0.2, 0) is 22.7 Å². The normalized spacial score (nSPS) is 15.4. The van der Waals surface area contributed by atoms with Crippen molar-refractivity contribution in [3.63, 3.8) is 0 Å². The molecule has 1 saturated heterocycles. The third kappa shape index (κ3) is 5.91. The zero-order valence-electron chi connectivity index (χ0n) is 15.7. The van der Waals surface area contributed by atoms with Gasteiger partial charge in [0.05, 0.1) is 12.5 Å². The standard InChI is InChI=1S/C21H27N3O2S/c1-16(25)23-19(20-9-6-12-27-20)13-21(26)22-14-17-7-2-3-8-18(17)15-24-10-4-5-11-24/h2-3,6-9,12,19H,4-5,10-11,13-15H2,1H3,(H,22,26)(H,23,25)/t19-/m1/s1. The maximum Gasteiger partial charge on any atom is 0.222 e. The number of carbonyl (C=O) groups is 2. The molecule has 1 aliphatic rings. The number of benzene rings is 1. The summed E-state index contributed by atoms with van der Waals surface area (Å²) in [5.74, 6) is -0.185. The highest BCUT2D eigenvalue weighted by Gasteiger charge is 2.18. The fourth-order valence-corrected chi connectivity index (χ4v) is 4.25. The molecule has 0 bridgehead atoms. The van der Waals surface area contributed by atoms with Gasteiger partial charge in [0.1, 0.15) is 0 Å². The van der Waals surface area contributed by atoms with E-state index in [-0.39, 0.29) is 24.3 Å². The van der Waals surface area contributed by atoms with Crippen molar-refractivity contribution in [1.82, 2.24) is 15.5 Å². The van der Waals surface area contributed by atoms with Gasteiger partial charge in [-0.05, 0) is 48.5 Å². The minimum Gasteiger partial charge on any atom is -0.352 e. The second kappa shape index (κ2) is 9.67. The van der Waals surface area contributed by atoms with Crippen LogP contribution in [0.3, 0.4) is 0 Å². The molecule has 0 radical (unpaired) electrons. The third-order valence-corrected chi connectivity index (χ3v) is 5.83. The van der Waals surface area contributed by atoms with E-state index in [1.165, 1.54) is 25.3 Å². The molecule has 2 amide bonds. The Balaban J connectivity index is 1.57. The monoisotopic (exact) mass is 385 g/mol. The summed E-state index contributed by atoms with van der Waals surface area (Å²) >= 11 is 1.55. The van der Waals surface area contributed by atoms with Crippen molar-refractivity contribution >= 4 is 23.2 Å². The van der Waals surface area contributed by atoms with E-state index in [2.05, 4.69) is 33.7 Å². The minimum absolute atomic E-state index is 0.0573. The van der Waals surface area contributed by atoms with Crippen molar-refractivity contribution in [2.75, 3.05) is 13.1 Å².